The van der Waals surface area contributed by atoms with E-state index in [1.165, 1.54) is 6.33 Å². The minimum absolute atomic E-state index is 0.593. The Morgan fingerprint density at radius 3 is 3.17 bits per heavy atom. The molecule has 6 nitrogen and oxygen atoms in total. The first-order valence-electron chi connectivity index (χ1n) is 5.29. The third-order valence-electron chi connectivity index (χ3n) is 2.46. The third-order valence-corrected chi connectivity index (χ3v) is 3.63. The van der Waals surface area contributed by atoms with E-state index in [1.807, 2.05) is 22.1 Å². The standard InChI is InChI=1S/C10H9N5OS2/c17-10-14-13-9(7-2-1-5-18-7)15(10)4-3-8-11-6-12-16-8/h1-2,5-6H,3-4H2,(H,14,17). The molecule has 0 radical (unpaired) electrons. The van der Waals surface area contributed by atoms with Crippen molar-refractivity contribution in [3.8, 4) is 10.7 Å². The van der Waals surface area contributed by atoms with E-state index in [0.717, 1.165) is 10.7 Å². The Morgan fingerprint density at radius 2 is 2.44 bits per heavy atom. The lowest BCUT2D eigenvalue weighted by Crippen LogP contribution is -2.03. The Balaban J connectivity index is 1.87. The van der Waals surface area contributed by atoms with Crippen LogP contribution in [0.15, 0.2) is 28.4 Å². The van der Waals surface area contributed by atoms with Gasteiger partial charge in [-0.15, -0.1) is 11.3 Å². The molecular formula is C10H9N5OS2. The number of aryl methyl sites for hydroxylation is 1. The predicted molar refractivity (Wildman–Crippen MR) is 68.7 cm³/mol. The molecule has 3 heterocycles. The second kappa shape index (κ2) is 4.83. The first-order chi connectivity index (χ1) is 8.84. The van der Waals surface area contributed by atoms with Crippen molar-refractivity contribution in [2.75, 3.05) is 0 Å². The highest BCUT2D eigenvalue weighted by Gasteiger charge is 2.10. The van der Waals surface area contributed by atoms with Crippen molar-refractivity contribution in [2.24, 2.45) is 0 Å². The fourth-order valence-corrected chi connectivity index (χ4v) is 2.58. The van der Waals surface area contributed by atoms with Crippen LogP contribution in [-0.2, 0) is 13.0 Å². The molecule has 0 unspecified atom stereocenters. The molecule has 0 fully saturated rings. The van der Waals surface area contributed by atoms with Crippen LogP contribution in [0.4, 0.5) is 0 Å². The van der Waals surface area contributed by atoms with Gasteiger partial charge in [0.2, 0.25) is 5.89 Å². The summed E-state index contributed by atoms with van der Waals surface area (Å²) in [6.07, 6.45) is 2.02. The quantitative estimate of drug-likeness (QED) is 0.742. The van der Waals surface area contributed by atoms with E-state index in [2.05, 4.69) is 20.3 Å². The third kappa shape index (κ3) is 2.12. The maximum Gasteiger partial charge on any atom is 0.228 e. The number of aromatic amines is 1. The summed E-state index contributed by atoms with van der Waals surface area (Å²) in [5.74, 6) is 1.43. The number of hydrogen-bond donors (Lipinski definition) is 1. The van der Waals surface area contributed by atoms with E-state index < -0.39 is 0 Å². The highest BCUT2D eigenvalue weighted by Crippen LogP contribution is 2.22. The maximum absolute atomic E-state index is 5.22. The monoisotopic (exact) mass is 279 g/mol. The van der Waals surface area contributed by atoms with Gasteiger partial charge < -0.3 is 4.52 Å². The maximum atomic E-state index is 5.22. The summed E-state index contributed by atoms with van der Waals surface area (Å²) in [6, 6.07) is 4.00. The van der Waals surface area contributed by atoms with Gasteiger partial charge in [0.15, 0.2) is 16.9 Å². The fraction of sp³-hybridized carbons (Fsp3) is 0.200. The molecule has 0 atom stereocenters. The molecule has 0 bridgehead atoms. The number of H-pyrrole nitrogens is 1. The van der Waals surface area contributed by atoms with Crippen LogP contribution in [0.2, 0.25) is 0 Å². The van der Waals surface area contributed by atoms with E-state index >= 15 is 0 Å². The predicted octanol–water partition coefficient (Wildman–Crippen LogP) is 2.29. The van der Waals surface area contributed by atoms with Gasteiger partial charge >= 0.3 is 0 Å². The average molecular weight is 279 g/mol. The Morgan fingerprint density at radius 1 is 1.50 bits per heavy atom. The van der Waals surface area contributed by atoms with Gasteiger partial charge in [0.25, 0.3) is 0 Å². The van der Waals surface area contributed by atoms with Crippen LogP contribution in [0, 0.1) is 4.77 Å². The summed E-state index contributed by atoms with van der Waals surface area (Å²) in [4.78, 5) is 5.06. The zero-order valence-corrected chi connectivity index (χ0v) is 10.9. The van der Waals surface area contributed by atoms with Crippen LogP contribution in [0.1, 0.15) is 5.89 Å². The Bertz CT molecular complexity index is 668. The summed E-state index contributed by atoms with van der Waals surface area (Å²) >= 11 is 6.85. The smallest absolute Gasteiger partial charge is 0.228 e. The first-order valence-corrected chi connectivity index (χ1v) is 6.58. The van der Waals surface area contributed by atoms with Crippen LogP contribution in [0.25, 0.3) is 10.7 Å². The summed E-state index contributed by atoms with van der Waals surface area (Å²) in [5.41, 5.74) is 0. The van der Waals surface area contributed by atoms with Gasteiger partial charge in [0, 0.05) is 13.0 Å². The van der Waals surface area contributed by atoms with Crippen LogP contribution < -0.4 is 0 Å². The van der Waals surface area contributed by atoms with Gasteiger partial charge in [0.05, 0.1) is 4.88 Å². The molecule has 0 aliphatic rings. The molecule has 18 heavy (non-hydrogen) atoms. The lowest BCUT2D eigenvalue weighted by Gasteiger charge is -2.02. The van der Waals surface area contributed by atoms with Crippen molar-refractivity contribution < 1.29 is 4.52 Å². The minimum Gasteiger partial charge on any atom is -0.340 e. The van der Waals surface area contributed by atoms with E-state index in [9.17, 15) is 0 Å². The largest absolute Gasteiger partial charge is 0.340 e. The Labute approximate surface area is 111 Å². The first kappa shape index (κ1) is 11.3. The van der Waals surface area contributed by atoms with Crippen molar-refractivity contribution in [2.45, 2.75) is 13.0 Å². The fourth-order valence-electron chi connectivity index (χ4n) is 1.63. The summed E-state index contributed by atoms with van der Waals surface area (Å²) in [7, 11) is 0. The van der Waals surface area contributed by atoms with E-state index in [-0.39, 0.29) is 0 Å². The van der Waals surface area contributed by atoms with E-state index in [1.54, 1.807) is 11.3 Å². The normalized spacial score (nSPS) is 10.9. The molecule has 0 saturated heterocycles. The van der Waals surface area contributed by atoms with Crippen molar-refractivity contribution in [1.29, 1.82) is 0 Å². The van der Waals surface area contributed by atoms with Crippen LogP contribution in [-0.4, -0.2) is 24.9 Å². The second-order valence-electron chi connectivity index (χ2n) is 3.57. The molecule has 3 rings (SSSR count). The molecule has 0 aromatic carbocycles. The zero-order chi connectivity index (χ0) is 12.4. The van der Waals surface area contributed by atoms with E-state index in [4.69, 9.17) is 16.7 Å². The Kier molecular flexibility index (Phi) is 3.03. The van der Waals surface area contributed by atoms with Crippen molar-refractivity contribution in [3.63, 3.8) is 0 Å². The molecule has 1 N–H and O–H groups in total. The van der Waals surface area contributed by atoms with Gasteiger partial charge in [-0.2, -0.15) is 10.1 Å². The van der Waals surface area contributed by atoms with Crippen LogP contribution in [0.3, 0.4) is 0 Å². The highest BCUT2D eigenvalue weighted by atomic mass is 32.1. The minimum atomic E-state index is 0.593. The number of nitrogens with one attached hydrogen (secondary N) is 1. The SMILES string of the molecule is S=c1[nH]nc(-c2cccs2)n1CCc1ncno1. The average Bonchev–Trinajstić information content (AvgIpc) is 3.08. The molecular weight excluding hydrogens is 270 g/mol. The zero-order valence-electron chi connectivity index (χ0n) is 9.24. The van der Waals surface area contributed by atoms with Crippen molar-refractivity contribution >= 4 is 23.6 Å². The summed E-state index contributed by atoms with van der Waals surface area (Å²) < 4.78 is 7.50. The number of rotatable bonds is 4. The topological polar surface area (TPSA) is 72.5 Å². The van der Waals surface area contributed by atoms with Crippen molar-refractivity contribution in [1.82, 2.24) is 24.9 Å². The van der Waals surface area contributed by atoms with Crippen LogP contribution in [0.5, 0.6) is 0 Å². The molecule has 0 aliphatic carbocycles. The Hall–Kier alpha value is -1.80. The molecule has 3 aromatic rings. The van der Waals surface area contributed by atoms with Crippen molar-refractivity contribution in [3.05, 3.63) is 34.5 Å². The second-order valence-corrected chi connectivity index (χ2v) is 4.90. The molecule has 0 saturated carbocycles. The van der Waals surface area contributed by atoms with E-state index in [0.29, 0.717) is 23.6 Å². The molecule has 0 spiro atoms. The lowest BCUT2D eigenvalue weighted by atomic mass is 10.4. The van der Waals surface area contributed by atoms with Gasteiger partial charge in [-0.3, -0.25) is 9.67 Å². The molecule has 0 aliphatic heterocycles. The highest BCUT2D eigenvalue weighted by molar-refractivity contribution is 7.71. The number of aromatic nitrogens is 5. The number of thiophene rings is 1. The lowest BCUT2D eigenvalue weighted by molar-refractivity contribution is 0.371. The molecule has 92 valence electrons. The van der Waals surface area contributed by atoms with Gasteiger partial charge in [0.1, 0.15) is 0 Å². The molecule has 0 amide bonds. The number of hydrogen-bond acceptors (Lipinski definition) is 6. The summed E-state index contributed by atoms with van der Waals surface area (Å²) in [5, 5.41) is 12.6. The van der Waals surface area contributed by atoms with Gasteiger partial charge in [-0.05, 0) is 23.7 Å². The number of nitrogens with zero attached hydrogens (tertiary/aromatic N) is 4. The molecule has 3 aromatic heterocycles. The van der Waals surface area contributed by atoms with Gasteiger partial charge in [-0.25, -0.2) is 0 Å². The van der Waals surface area contributed by atoms with Gasteiger partial charge in [-0.1, -0.05) is 11.2 Å². The van der Waals surface area contributed by atoms with Crippen LogP contribution >= 0.6 is 23.6 Å². The summed E-state index contributed by atoms with van der Waals surface area (Å²) in [6.45, 7) is 0.658. The molecule has 8 heteroatoms.